The summed E-state index contributed by atoms with van der Waals surface area (Å²) in [6.45, 7) is -1.85. The second kappa shape index (κ2) is 7.40. The van der Waals surface area contributed by atoms with Gasteiger partial charge in [0, 0.05) is 6.20 Å². The van der Waals surface area contributed by atoms with Crippen molar-refractivity contribution in [3.05, 3.63) is 22.7 Å². The Kier molecular flexibility index (Phi) is 5.88. The number of rotatable bonds is 8. The van der Waals surface area contributed by atoms with Crippen LogP contribution < -0.4 is 11.4 Å². The lowest BCUT2D eigenvalue weighted by Gasteiger charge is -2.24. The van der Waals surface area contributed by atoms with Gasteiger partial charge >= 0.3 is 35.1 Å². The predicted octanol–water partition coefficient (Wildman–Crippen LogP) is -0.846. The molecule has 1 aliphatic carbocycles. The third-order valence-corrected chi connectivity index (χ3v) is 8.27. The maximum absolute atomic E-state index is 14.7. The summed E-state index contributed by atoms with van der Waals surface area (Å²) in [5, 5.41) is 10.1. The Morgan fingerprint density at radius 3 is 2.31 bits per heavy atom. The predicted molar refractivity (Wildman–Crippen MR) is 90.4 cm³/mol. The first-order chi connectivity index (χ1) is 14.3. The van der Waals surface area contributed by atoms with E-state index in [-0.39, 0.29) is 5.82 Å². The molecule has 0 bridgehead atoms. The van der Waals surface area contributed by atoms with Crippen molar-refractivity contribution in [2.45, 2.75) is 29.5 Å². The van der Waals surface area contributed by atoms with Crippen LogP contribution in [0.15, 0.2) is 17.1 Å². The van der Waals surface area contributed by atoms with Gasteiger partial charge in [-0.05, 0) is 6.07 Å². The third-order valence-electron chi connectivity index (χ3n) is 4.48. The first-order valence-electron chi connectivity index (χ1n) is 7.84. The Morgan fingerprint density at radius 1 is 1.19 bits per heavy atom. The van der Waals surface area contributed by atoms with E-state index in [1.807, 2.05) is 0 Å². The van der Waals surface area contributed by atoms with Gasteiger partial charge in [-0.2, -0.15) is 22.4 Å². The minimum atomic E-state index is -5.97. The molecular formula is C10H13F3N3O13P3. The zero-order valence-electron chi connectivity index (χ0n) is 15.0. The van der Waals surface area contributed by atoms with Gasteiger partial charge in [0.25, 0.3) is 0 Å². The van der Waals surface area contributed by atoms with Gasteiger partial charge in [0.2, 0.25) is 5.60 Å². The number of ether oxygens (including phenoxy) is 1. The number of halogens is 3. The van der Waals surface area contributed by atoms with Gasteiger partial charge in [-0.15, -0.1) is 0 Å². The zero-order valence-corrected chi connectivity index (χ0v) is 17.6. The fourth-order valence-corrected chi connectivity index (χ4v) is 6.13. The van der Waals surface area contributed by atoms with Gasteiger partial charge in [0.1, 0.15) is 5.82 Å². The highest BCUT2D eigenvalue weighted by molar-refractivity contribution is 7.66. The van der Waals surface area contributed by atoms with Crippen molar-refractivity contribution >= 4 is 29.3 Å². The Balaban J connectivity index is 1.82. The average Bonchev–Trinajstić information content (AvgIpc) is 2.80. The van der Waals surface area contributed by atoms with Crippen molar-refractivity contribution in [2.75, 3.05) is 12.3 Å². The van der Waals surface area contributed by atoms with Crippen LogP contribution in [-0.2, 0) is 31.6 Å². The van der Waals surface area contributed by atoms with Gasteiger partial charge in [-0.3, -0.25) is 9.09 Å². The van der Waals surface area contributed by atoms with Crippen molar-refractivity contribution < 1.29 is 69.4 Å². The maximum atomic E-state index is 14.7. The normalized spacial score (nSPS) is 35.0. The monoisotopic (exact) mass is 533 g/mol. The summed E-state index contributed by atoms with van der Waals surface area (Å²) in [6, 6.07) is 0.975. The van der Waals surface area contributed by atoms with Crippen LogP contribution in [0.2, 0.25) is 0 Å². The Bertz CT molecular complexity index is 1140. The molecule has 1 saturated heterocycles. The molecule has 2 fully saturated rings. The molecule has 6 unspecified atom stereocenters. The molecule has 3 rings (SSSR count). The summed E-state index contributed by atoms with van der Waals surface area (Å²) in [4.78, 5) is 50.4. The number of phosphoric ester groups is 1. The van der Waals surface area contributed by atoms with Gasteiger partial charge in [0.05, 0.1) is 6.61 Å². The molecule has 1 aromatic rings. The molecule has 2 aliphatic rings. The molecule has 0 aromatic carbocycles. The SMILES string of the molecule is Nc1ccn(C2OC3(COP(=O)(O)OP(=O)(O)OP(=O)(O)O)C(F)(F)C3(O)C2F)c(=O)n1. The number of aliphatic hydroxyl groups is 1. The van der Waals surface area contributed by atoms with Crippen molar-refractivity contribution in [3.8, 4) is 0 Å². The maximum Gasteiger partial charge on any atom is 0.490 e. The van der Waals surface area contributed by atoms with E-state index in [4.69, 9.17) is 25.2 Å². The van der Waals surface area contributed by atoms with E-state index in [2.05, 4.69) is 18.1 Å². The number of aromatic nitrogens is 2. The van der Waals surface area contributed by atoms with Crippen molar-refractivity contribution in [3.63, 3.8) is 0 Å². The molecular weight excluding hydrogens is 520 g/mol. The van der Waals surface area contributed by atoms with E-state index in [9.17, 15) is 41.7 Å². The van der Waals surface area contributed by atoms with E-state index in [0.29, 0.717) is 4.57 Å². The molecule has 0 radical (unpaired) electrons. The lowest BCUT2D eigenvalue weighted by molar-refractivity contribution is -0.153. The number of nitrogen functional groups attached to an aromatic ring is 1. The molecule has 1 aromatic heterocycles. The van der Waals surface area contributed by atoms with Crippen LogP contribution in [0.1, 0.15) is 6.23 Å². The Morgan fingerprint density at radius 2 is 1.78 bits per heavy atom. The van der Waals surface area contributed by atoms with Crippen LogP contribution in [0.5, 0.6) is 0 Å². The van der Waals surface area contributed by atoms with E-state index in [1.54, 1.807) is 0 Å². The van der Waals surface area contributed by atoms with Crippen molar-refractivity contribution in [1.82, 2.24) is 9.55 Å². The van der Waals surface area contributed by atoms with E-state index in [0.717, 1.165) is 12.3 Å². The molecule has 32 heavy (non-hydrogen) atoms. The number of nitrogens with two attached hydrogens (primary N) is 1. The summed E-state index contributed by atoms with van der Waals surface area (Å²) in [5.74, 6) is -4.76. The quantitative estimate of drug-likeness (QED) is 0.223. The second-order valence-electron chi connectivity index (χ2n) is 6.48. The molecule has 2 heterocycles. The number of fused-ring (bicyclic) bond motifs is 1. The molecule has 182 valence electrons. The van der Waals surface area contributed by atoms with E-state index >= 15 is 0 Å². The minimum Gasteiger partial charge on any atom is -0.383 e. The van der Waals surface area contributed by atoms with Gasteiger partial charge in [0.15, 0.2) is 18.0 Å². The Labute approximate surface area is 173 Å². The van der Waals surface area contributed by atoms with E-state index in [1.165, 1.54) is 0 Å². The van der Waals surface area contributed by atoms with Crippen LogP contribution in [0.25, 0.3) is 0 Å². The summed E-state index contributed by atoms with van der Waals surface area (Å²) in [6.07, 6.45) is -4.42. The number of alkyl halides is 3. The van der Waals surface area contributed by atoms with Gasteiger partial charge in [-0.25, -0.2) is 22.9 Å². The van der Waals surface area contributed by atoms with Crippen molar-refractivity contribution in [2.24, 2.45) is 0 Å². The summed E-state index contributed by atoms with van der Waals surface area (Å²) >= 11 is 0. The average molecular weight is 533 g/mol. The number of hydrogen-bond acceptors (Lipinski definition) is 11. The first kappa shape index (κ1) is 25.4. The number of nitrogens with zero attached hydrogens (tertiary/aromatic N) is 2. The smallest absolute Gasteiger partial charge is 0.383 e. The fourth-order valence-electron chi connectivity index (χ4n) is 3.09. The van der Waals surface area contributed by atoms with Crippen molar-refractivity contribution in [1.29, 1.82) is 0 Å². The standard InChI is InChI=1S/C10H13F3N3O13P3/c11-5-6(16-2-1-4(14)15-7(16)17)27-8(9(5,18)10(8,12)13)3-26-31(22,23)29-32(24,25)28-30(19,20)21/h1-2,5-6,18H,3H2,(H,22,23)(H,24,25)(H2,14,15,17)(H2,19,20,21). The summed E-state index contributed by atoms with van der Waals surface area (Å²) in [7, 11) is -17.6. The second-order valence-corrected chi connectivity index (χ2v) is 10.9. The van der Waals surface area contributed by atoms with Crippen LogP contribution in [0, 0.1) is 0 Å². The summed E-state index contributed by atoms with van der Waals surface area (Å²) in [5.41, 5.74) is -3.07. The van der Waals surface area contributed by atoms with E-state index < -0.39 is 65.3 Å². The highest BCUT2D eigenvalue weighted by atomic mass is 31.3. The lowest BCUT2D eigenvalue weighted by Crippen LogP contribution is -2.40. The number of anilines is 1. The zero-order chi connectivity index (χ0) is 24.5. The largest absolute Gasteiger partial charge is 0.490 e. The molecule has 7 N–H and O–H groups in total. The van der Waals surface area contributed by atoms with Crippen LogP contribution >= 0.6 is 23.5 Å². The topological polar surface area (TPSA) is 250 Å². The van der Waals surface area contributed by atoms with Gasteiger partial charge < -0.3 is 35.2 Å². The molecule has 0 amide bonds. The van der Waals surface area contributed by atoms with Crippen LogP contribution in [-0.4, -0.2) is 64.1 Å². The molecule has 0 spiro atoms. The number of phosphoric acid groups is 3. The molecule has 22 heteroatoms. The third kappa shape index (κ3) is 3.98. The summed E-state index contributed by atoms with van der Waals surface area (Å²) < 4.78 is 92.8. The molecule has 16 nitrogen and oxygen atoms in total. The minimum absolute atomic E-state index is 0.309. The highest BCUT2D eigenvalue weighted by Crippen LogP contribution is 2.74. The molecule has 1 saturated carbocycles. The lowest BCUT2D eigenvalue weighted by atomic mass is 10.1. The molecule has 6 atom stereocenters. The number of hydrogen-bond donors (Lipinski definition) is 6. The van der Waals surface area contributed by atoms with Crippen LogP contribution in [0.3, 0.4) is 0 Å². The fraction of sp³-hybridized carbons (Fsp3) is 0.600. The Hall–Kier alpha value is -1.20. The van der Waals surface area contributed by atoms with Crippen LogP contribution in [0.4, 0.5) is 19.0 Å². The van der Waals surface area contributed by atoms with Gasteiger partial charge in [-0.1, -0.05) is 0 Å². The molecule has 1 aliphatic heterocycles. The highest BCUT2D eigenvalue weighted by Gasteiger charge is 3.01. The first-order valence-corrected chi connectivity index (χ1v) is 12.4.